The molecule has 0 amide bonds. The number of benzene rings is 1. The zero-order valence-electron chi connectivity index (χ0n) is 8.29. The molecule has 82 valence electrons. The Morgan fingerprint density at radius 2 is 2.20 bits per heavy atom. The van der Waals surface area contributed by atoms with E-state index in [-0.39, 0.29) is 12.4 Å². The van der Waals surface area contributed by atoms with Crippen molar-refractivity contribution >= 4 is 22.6 Å². The summed E-state index contributed by atoms with van der Waals surface area (Å²) in [6.07, 6.45) is 0. The molecule has 2 nitrogen and oxygen atoms in total. The molecule has 0 radical (unpaired) electrons. The second kappa shape index (κ2) is 4.76. The minimum absolute atomic E-state index is 0.181. The number of hydrogen-bond acceptors (Lipinski definition) is 2. The van der Waals surface area contributed by atoms with Gasteiger partial charge in [-0.1, -0.05) is 6.07 Å². The molecule has 1 saturated heterocycles. The van der Waals surface area contributed by atoms with Gasteiger partial charge in [-0.05, 0) is 40.3 Å². The Morgan fingerprint density at radius 1 is 1.47 bits per heavy atom. The second-order valence-electron chi connectivity index (χ2n) is 3.98. The molecular formula is C11H13FINO. The lowest BCUT2D eigenvalue weighted by atomic mass is 10.0. The highest BCUT2D eigenvalue weighted by Gasteiger charge is 2.25. The summed E-state index contributed by atoms with van der Waals surface area (Å²) in [5.74, 6) is 0.253. The first-order valence-corrected chi connectivity index (χ1v) is 6.04. The van der Waals surface area contributed by atoms with Gasteiger partial charge in [-0.3, -0.25) is 4.90 Å². The van der Waals surface area contributed by atoms with Crippen LogP contribution in [-0.4, -0.2) is 29.7 Å². The van der Waals surface area contributed by atoms with Crippen molar-refractivity contribution in [2.75, 3.05) is 19.7 Å². The van der Waals surface area contributed by atoms with Crippen molar-refractivity contribution in [2.24, 2.45) is 5.92 Å². The third-order valence-electron chi connectivity index (χ3n) is 2.70. The normalized spacial score (nSPS) is 17.8. The monoisotopic (exact) mass is 321 g/mol. The summed E-state index contributed by atoms with van der Waals surface area (Å²) < 4.78 is 13.8. The van der Waals surface area contributed by atoms with Crippen LogP contribution in [0.4, 0.5) is 4.39 Å². The zero-order chi connectivity index (χ0) is 10.8. The van der Waals surface area contributed by atoms with Crippen LogP contribution in [0.15, 0.2) is 18.2 Å². The topological polar surface area (TPSA) is 23.5 Å². The third kappa shape index (κ3) is 2.68. The van der Waals surface area contributed by atoms with Gasteiger partial charge < -0.3 is 5.11 Å². The maximum absolute atomic E-state index is 12.8. The SMILES string of the molecule is OCC1CN(Cc2ccc(F)cc2I)C1. The molecule has 0 atom stereocenters. The average Bonchev–Trinajstić information content (AvgIpc) is 2.13. The summed E-state index contributed by atoms with van der Waals surface area (Å²) in [6.45, 7) is 3.03. The summed E-state index contributed by atoms with van der Waals surface area (Å²) in [5.41, 5.74) is 1.16. The van der Waals surface area contributed by atoms with Gasteiger partial charge in [-0.25, -0.2) is 4.39 Å². The average molecular weight is 321 g/mol. The molecule has 1 aliphatic rings. The summed E-state index contributed by atoms with van der Waals surface area (Å²) in [7, 11) is 0. The summed E-state index contributed by atoms with van der Waals surface area (Å²) in [4.78, 5) is 2.26. The first-order valence-electron chi connectivity index (χ1n) is 4.96. The van der Waals surface area contributed by atoms with Crippen molar-refractivity contribution in [3.8, 4) is 0 Å². The fourth-order valence-corrected chi connectivity index (χ4v) is 2.46. The van der Waals surface area contributed by atoms with E-state index >= 15 is 0 Å². The Hall–Kier alpha value is -0.200. The Morgan fingerprint density at radius 3 is 2.80 bits per heavy atom. The molecular weight excluding hydrogens is 308 g/mol. The maximum atomic E-state index is 12.8. The highest BCUT2D eigenvalue weighted by Crippen LogP contribution is 2.21. The lowest BCUT2D eigenvalue weighted by molar-refractivity contribution is 0.0477. The van der Waals surface area contributed by atoms with Crippen LogP contribution < -0.4 is 0 Å². The van der Waals surface area contributed by atoms with E-state index in [2.05, 4.69) is 27.5 Å². The van der Waals surface area contributed by atoms with Crippen LogP contribution in [-0.2, 0) is 6.54 Å². The number of likely N-dealkylation sites (tertiary alicyclic amines) is 1. The smallest absolute Gasteiger partial charge is 0.124 e. The van der Waals surface area contributed by atoms with E-state index in [0.29, 0.717) is 5.92 Å². The quantitative estimate of drug-likeness (QED) is 0.859. The van der Waals surface area contributed by atoms with Crippen LogP contribution in [0.5, 0.6) is 0 Å². The van der Waals surface area contributed by atoms with Crippen LogP contribution >= 0.6 is 22.6 Å². The Kier molecular flexibility index (Phi) is 3.58. The molecule has 0 aliphatic carbocycles. The number of hydrogen-bond donors (Lipinski definition) is 1. The molecule has 15 heavy (non-hydrogen) atoms. The van der Waals surface area contributed by atoms with Crippen LogP contribution in [0.2, 0.25) is 0 Å². The van der Waals surface area contributed by atoms with E-state index < -0.39 is 0 Å². The van der Waals surface area contributed by atoms with Gasteiger partial charge in [0.25, 0.3) is 0 Å². The number of aliphatic hydroxyl groups is 1. The third-order valence-corrected chi connectivity index (χ3v) is 3.70. The van der Waals surface area contributed by atoms with Gasteiger partial charge in [-0.2, -0.15) is 0 Å². The fraction of sp³-hybridized carbons (Fsp3) is 0.455. The molecule has 0 spiro atoms. The van der Waals surface area contributed by atoms with E-state index in [9.17, 15) is 4.39 Å². The van der Waals surface area contributed by atoms with Crippen molar-refractivity contribution in [1.82, 2.24) is 4.90 Å². The predicted octanol–water partition coefficient (Wildman–Crippen LogP) is 1.85. The molecule has 0 aromatic heterocycles. The summed E-state index contributed by atoms with van der Waals surface area (Å²) >= 11 is 2.16. The lowest BCUT2D eigenvalue weighted by Crippen LogP contribution is -2.47. The van der Waals surface area contributed by atoms with Crippen molar-refractivity contribution < 1.29 is 9.50 Å². The molecule has 0 saturated carbocycles. The maximum Gasteiger partial charge on any atom is 0.124 e. The first-order chi connectivity index (χ1) is 7.19. The van der Waals surface area contributed by atoms with Crippen LogP contribution in [0.1, 0.15) is 5.56 Å². The van der Waals surface area contributed by atoms with E-state index in [0.717, 1.165) is 28.8 Å². The van der Waals surface area contributed by atoms with Gasteiger partial charge in [0.1, 0.15) is 5.82 Å². The van der Waals surface area contributed by atoms with Crippen LogP contribution in [0, 0.1) is 15.3 Å². The number of nitrogens with zero attached hydrogens (tertiary/aromatic N) is 1. The van der Waals surface area contributed by atoms with Gasteiger partial charge in [0.2, 0.25) is 0 Å². The molecule has 1 N–H and O–H groups in total. The molecule has 4 heteroatoms. The number of aliphatic hydroxyl groups excluding tert-OH is 1. The highest BCUT2D eigenvalue weighted by molar-refractivity contribution is 14.1. The van der Waals surface area contributed by atoms with E-state index in [4.69, 9.17) is 5.11 Å². The molecule has 0 unspecified atom stereocenters. The Bertz CT molecular complexity index is 352. The predicted molar refractivity (Wildman–Crippen MR) is 65.0 cm³/mol. The number of halogens is 2. The van der Waals surface area contributed by atoms with Crippen LogP contribution in [0.3, 0.4) is 0 Å². The minimum atomic E-state index is -0.181. The van der Waals surface area contributed by atoms with Crippen LogP contribution in [0.25, 0.3) is 0 Å². The molecule has 2 rings (SSSR count). The molecule has 1 aromatic rings. The molecule has 0 bridgehead atoms. The standard InChI is InChI=1S/C11H13FINO/c12-10-2-1-9(11(13)3-10)6-14-4-8(5-14)7-15/h1-3,8,15H,4-7H2. The minimum Gasteiger partial charge on any atom is -0.396 e. The first kappa shape index (κ1) is 11.3. The van der Waals surface area contributed by atoms with Gasteiger partial charge in [-0.15, -0.1) is 0 Å². The lowest BCUT2D eigenvalue weighted by Gasteiger charge is -2.38. The van der Waals surface area contributed by atoms with Gasteiger partial charge >= 0.3 is 0 Å². The Balaban J connectivity index is 1.94. The van der Waals surface area contributed by atoms with E-state index in [1.54, 1.807) is 6.07 Å². The molecule has 1 aliphatic heterocycles. The van der Waals surface area contributed by atoms with Gasteiger partial charge in [0.15, 0.2) is 0 Å². The molecule has 1 heterocycles. The largest absolute Gasteiger partial charge is 0.396 e. The van der Waals surface area contributed by atoms with Crippen molar-refractivity contribution in [3.63, 3.8) is 0 Å². The van der Waals surface area contributed by atoms with Gasteiger partial charge in [0, 0.05) is 35.7 Å². The Labute approximate surface area is 102 Å². The summed E-state index contributed by atoms with van der Waals surface area (Å²) in [6, 6.07) is 4.89. The van der Waals surface area contributed by atoms with E-state index in [1.165, 1.54) is 6.07 Å². The van der Waals surface area contributed by atoms with Gasteiger partial charge in [0.05, 0.1) is 0 Å². The van der Waals surface area contributed by atoms with Crippen molar-refractivity contribution in [1.29, 1.82) is 0 Å². The zero-order valence-corrected chi connectivity index (χ0v) is 10.4. The van der Waals surface area contributed by atoms with Crippen molar-refractivity contribution in [3.05, 3.63) is 33.1 Å². The van der Waals surface area contributed by atoms with E-state index in [1.807, 2.05) is 6.07 Å². The van der Waals surface area contributed by atoms with Crippen molar-refractivity contribution in [2.45, 2.75) is 6.54 Å². The molecule has 1 aromatic carbocycles. The second-order valence-corrected chi connectivity index (χ2v) is 5.14. The highest BCUT2D eigenvalue weighted by atomic mass is 127. The number of rotatable bonds is 3. The fourth-order valence-electron chi connectivity index (χ4n) is 1.81. The summed E-state index contributed by atoms with van der Waals surface area (Å²) in [5, 5.41) is 8.88. The molecule has 1 fully saturated rings.